The lowest BCUT2D eigenvalue weighted by Gasteiger charge is -2.20. The van der Waals surface area contributed by atoms with Gasteiger partial charge >= 0.3 is 5.97 Å². The molecule has 8 heteroatoms. The van der Waals surface area contributed by atoms with Gasteiger partial charge in [-0.2, -0.15) is 5.26 Å². The van der Waals surface area contributed by atoms with Crippen LogP contribution in [0.5, 0.6) is 0 Å². The summed E-state index contributed by atoms with van der Waals surface area (Å²) in [6, 6.07) is 11.2. The molecule has 0 saturated heterocycles. The van der Waals surface area contributed by atoms with E-state index in [0.717, 1.165) is 28.0 Å². The van der Waals surface area contributed by atoms with Crippen molar-refractivity contribution in [3.8, 4) is 6.07 Å². The number of hydrogen-bond acceptors (Lipinski definition) is 4. The predicted octanol–water partition coefficient (Wildman–Crippen LogP) is 6.09. The van der Waals surface area contributed by atoms with Gasteiger partial charge in [0.05, 0.1) is 12.0 Å². The number of allylic oxidation sites excluding steroid dienone is 5. The average Bonchev–Trinajstić information content (AvgIpc) is 3.15. The minimum atomic E-state index is -0.893. The van der Waals surface area contributed by atoms with Gasteiger partial charge in [0.25, 0.3) is 5.91 Å². The number of aliphatic carboxylic acids is 1. The van der Waals surface area contributed by atoms with E-state index in [4.69, 9.17) is 5.11 Å². The minimum absolute atomic E-state index is 0.00667. The van der Waals surface area contributed by atoms with Crippen molar-refractivity contribution in [1.82, 2.24) is 15.2 Å². The van der Waals surface area contributed by atoms with Crippen LogP contribution >= 0.6 is 0 Å². The third-order valence-electron chi connectivity index (χ3n) is 7.30. The molecular weight excluding hydrogens is 540 g/mol. The number of nitriles is 1. The van der Waals surface area contributed by atoms with Crippen LogP contribution in [0.4, 0.5) is 0 Å². The first kappa shape index (κ1) is 32.6. The van der Waals surface area contributed by atoms with Crippen molar-refractivity contribution in [1.29, 1.82) is 5.26 Å². The number of aryl methyl sites for hydroxylation is 1. The molecule has 1 heterocycles. The molecule has 1 aromatic carbocycles. The summed E-state index contributed by atoms with van der Waals surface area (Å²) in [7, 11) is 0. The number of carboxylic acids is 1. The highest BCUT2D eigenvalue weighted by atomic mass is 16.4. The first-order chi connectivity index (χ1) is 20.6. The number of carbonyl (C=O) groups is 3. The molecule has 3 rings (SSSR count). The number of benzene rings is 1. The van der Waals surface area contributed by atoms with Crippen LogP contribution in [0.25, 0.3) is 6.08 Å². The molecule has 3 N–H and O–H groups in total. The molecule has 2 atom stereocenters. The van der Waals surface area contributed by atoms with Crippen LogP contribution in [-0.2, 0) is 27.3 Å². The molecule has 0 spiro atoms. The van der Waals surface area contributed by atoms with Gasteiger partial charge in [-0.05, 0) is 68.4 Å². The summed E-state index contributed by atoms with van der Waals surface area (Å²) in [6.07, 6.45) is 14.6. The quantitative estimate of drug-likeness (QED) is 0.184. The minimum Gasteiger partial charge on any atom is -0.481 e. The van der Waals surface area contributed by atoms with E-state index in [9.17, 15) is 19.6 Å². The predicted molar refractivity (Wildman–Crippen MR) is 168 cm³/mol. The molecule has 0 bridgehead atoms. The molecule has 1 aromatic heterocycles. The molecule has 224 valence electrons. The fourth-order valence-electron chi connectivity index (χ4n) is 4.84. The van der Waals surface area contributed by atoms with E-state index < -0.39 is 12.0 Å². The monoisotopic (exact) mass is 580 g/mol. The third kappa shape index (κ3) is 9.30. The van der Waals surface area contributed by atoms with Crippen molar-refractivity contribution < 1.29 is 19.5 Å². The molecule has 8 nitrogen and oxygen atoms in total. The summed E-state index contributed by atoms with van der Waals surface area (Å²) in [5.74, 6) is -1.69. The van der Waals surface area contributed by atoms with Gasteiger partial charge in [0, 0.05) is 42.5 Å². The van der Waals surface area contributed by atoms with Gasteiger partial charge in [-0.25, -0.2) is 0 Å². The van der Waals surface area contributed by atoms with Crippen LogP contribution in [0.15, 0.2) is 90.3 Å². The number of rotatable bonds is 14. The number of amides is 2. The maximum absolute atomic E-state index is 13.7. The van der Waals surface area contributed by atoms with Gasteiger partial charge in [0.15, 0.2) is 0 Å². The second-order valence-electron chi connectivity index (χ2n) is 10.6. The van der Waals surface area contributed by atoms with Crippen LogP contribution in [0, 0.1) is 24.2 Å². The normalized spacial score (nSPS) is 14.4. The van der Waals surface area contributed by atoms with Gasteiger partial charge in [0.2, 0.25) is 5.91 Å². The smallest absolute Gasteiger partial charge is 0.303 e. The topological polar surface area (TPSA) is 124 Å². The lowest BCUT2D eigenvalue weighted by molar-refractivity contribution is -0.137. The molecule has 1 aliphatic rings. The second kappa shape index (κ2) is 15.9. The number of hydrogen-bond donors (Lipinski definition) is 3. The van der Waals surface area contributed by atoms with Gasteiger partial charge < -0.3 is 20.3 Å². The van der Waals surface area contributed by atoms with Crippen molar-refractivity contribution in [2.75, 3.05) is 0 Å². The van der Waals surface area contributed by atoms with Crippen molar-refractivity contribution in [2.24, 2.45) is 5.92 Å². The Bertz CT molecular complexity index is 1500. The molecule has 0 radical (unpaired) electrons. The van der Waals surface area contributed by atoms with Gasteiger partial charge in [-0.15, -0.1) is 6.58 Å². The molecule has 1 aliphatic carbocycles. The van der Waals surface area contributed by atoms with Crippen molar-refractivity contribution in [3.05, 3.63) is 113 Å². The first-order valence-electron chi connectivity index (χ1n) is 14.5. The molecule has 43 heavy (non-hydrogen) atoms. The zero-order chi connectivity index (χ0) is 31.4. The highest BCUT2D eigenvalue weighted by Crippen LogP contribution is 2.28. The average molecular weight is 581 g/mol. The van der Waals surface area contributed by atoms with Crippen molar-refractivity contribution in [2.45, 2.75) is 65.5 Å². The summed E-state index contributed by atoms with van der Waals surface area (Å²) in [6.45, 7) is 9.80. The maximum Gasteiger partial charge on any atom is 0.303 e. The van der Waals surface area contributed by atoms with E-state index >= 15 is 0 Å². The molecule has 2 amide bonds. The molecule has 0 fully saturated rings. The number of fused-ring (bicyclic) bond motifs is 1. The summed E-state index contributed by atoms with van der Waals surface area (Å²) in [5, 5.41) is 24.4. The summed E-state index contributed by atoms with van der Waals surface area (Å²) in [4.78, 5) is 37.9. The molecule has 0 aliphatic heterocycles. The highest BCUT2D eigenvalue weighted by Gasteiger charge is 2.23. The van der Waals surface area contributed by atoms with Crippen LogP contribution in [0.1, 0.15) is 68.0 Å². The number of nitrogens with zero attached hydrogens (tertiary/aromatic N) is 2. The number of carboxylic acid groups (broad SMARTS) is 1. The molecule has 2 unspecified atom stereocenters. The van der Waals surface area contributed by atoms with E-state index in [1.54, 1.807) is 32.1 Å². The third-order valence-corrected chi connectivity index (χ3v) is 7.30. The zero-order valence-corrected chi connectivity index (χ0v) is 25.1. The lowest BCUT2D eigenvalue weighted by atomic mass is 10.0. The Morgan fingerprint density at radius 2 is 1.93 bits per heavy atom. The standard InChI is InChI=1S/C35H40N4O4/c1-5-11-31(28(14-10-17-33(40)41)19-18-24(2)21-36)38-34(42)26(4)39-23-25(3)30-16-9-15-29(20-32(30)39)35(43)37-22-27-12-7-6-8-13-27/h5-9,12-13,15,18-20,23-24,26H,1,10-11,14,16-17,22H2,2-4H3,(H,37,43)(H,38,42)(H,40,41)/b19-18-,31-28+. The summed E-state index contributed by atoms with van der Waals surface area (Å²) >= 11 is 0. The SMILES string of the molecule is C=CC/C(NC(=O)C(C)n1cc(C)c2c1C=C(C(=O)NCc1ccccc1)C=CC2)=C(\C=C/C(C)C#N)CCCC(=O)O. The first-order valence-corrected chi connectivity index (χ1v) is 14.5. The fourth-order valence-corrected chi connectivity index (χ4v) is 4.84. The van der Waals surface area contributed by atoms with Crippen molar-refractivity contribution >= 4 is 23.9 Å². The maximum atomic E-state index is 13.7. The largest absolute Gasteiger partial charge is 0.481 e. The van der Waals surface area contributed by atoms with Crippen LogP contribution in [0.3, 0.4) is 0 Å². The Morgan fingerprint density at radius 3 is 2.60 bits per heavy atom. The van der Waals surface area contributed by atoms with Crippen molar-refractivity contribution in [3.63, 3.8) is 0 Å². The molecule has 2 aromatic rings. The number of nitrogens with one attached hydrogen (secondary N) is 2. The fraction of sp³-hybridized carbons (Fsp3) is 0.314. The summed E-state index contributed by atoms with van der Waals surface area (Å²) in [5.41, 5.74) is 5.75. The van der Waals surface area contributed by atoms with E-state index in [1.165, 1.54) is 0 Å². The van der Waals surface area contributed by atoms with Gasteiger partial charge in [-0.3, -0.25) is 14.4 Å². The molecular formula is C35H40N4O4. The Labute approximate surface area is 253 Å². The zero-order valence-electron chi connectivity index (χ0n) is 25.1. The highest BCUT2D eigenvalue weighted by molar-refractivity contribution is 6.01. The number of aromatic nitrogens is 1. The van der Waals surface area contributed by atoms with E-state index in [-0.39, 0.29) is 24.2 Å². The molecule has 0 saturated carbocycles. The van der Waals surface area contributed by atoms with Gasteiger partial charge in [-0.1, -0.05) is 60.7 Å². The Hall–Kier alpha value is -4.90. The van der Waals surface area contributed by atoms with E-state index in [0.29, 0.717) is 43.5 Å². The Morgan fingerprint density at radius 1 is 1.19 bits per heavy atom. The summed E-state index contributed by atoms with van der Waals surface area (Å²) < 4.78 is 1.89. The van der Waals surface area contributed by atoms with E-state index in [2.05, 4.69) is 23.3 Å². The van der Waals surface area contributed by atoms with Crippen LogP contribution in [-0.4, -0.2) is 27.5 Å². The van der Waals surface area contributed by atoms with E-state index in [1.807, 2.05) is 66.2 Å². The van der Waals surface area contributed by atoms with Gasteiger partial charge in [0.1, 0.15) is 6.04 Å². The van der Waals surface area contributed by atoms with Crippen LogP contribution in [0.2, 0.25) is 0 Å². The second-order valence-corrected chi connectivity index (χ2v) is 10.6. The number of carbonyl (C=O) groups excluding carboxylic acids is 2. The lowest BCUT2D eigenvalue weighted by Crippen LogP contribution is -2.31. The Kier molecular flexibility index (Phi) is 12.1. The Balaban J connectivity index is 1.89. The van der Waals surface area contributed by atoms with Crippen LogP contribution < -0.4 is 10.6 Å².